The fourth-order valence-corrected chi connectivity index (χ4v) is 5.77. The van der Waals surface area contributed by atoms with Gasteiger partial charge in [-0.2, -0.15) is 13.2 Å². The van der Waals surface area contributed by atoms with Crippen LogP contribution >= 0.6 is 11.3 Å². The SMILES string of the molecule is COc1ccsc1CNCC[C@@]1(c2ccccn2)CCOC2(CCCC2)C1.O=C(O)C(F)(F)F. The van der Waals surface area contributed by atoms with E-state index in [1.165, 1.54) is 36.3 Å². The normalized spacial score (nSPS) is 21.6. The van der Waals surface area contributed by atoms with Crippen molar-refractivity contribution in [1.29, 1.82) is 0 Å². The van der Waals surface area contributed by atoms with Crippen LogP contribution in [-0.2, 0) is 21.5 Å². The van der Waals surface area contributed by atoms with Crippen LogP contribution in [0.2, 0.25) is 0 Å². The third-order valence-electron chi connectivity index (χ3n) is 6.61. The van der Waals surface area contributed by atoms with Crippen molar-refractivity contribution in [2.75, 3.05) is 20.3 Å². The monoisotopic (exact) mass is 500 g/mol. The summed E-state index contributed by atoms with van der Waals surface area (Å²) in [6.45, 7) is 2.70. The second-order valence-corrected chi connectivity index (χ2v) is 9.80. The van der Waals surface area contributed by atoms with Crippen LogP contribution in [-0.4, -0.2) is 48.1 Å². The molecule has 2 aromatic heterocycles. The first-order valence-electron chi connectivity index (χ1n) is 11.4. The predicted molar refractivity (Wildman–Crippen MR) is 123 cm³/mol. The minimum atomic E-state index is -5.08. The molecule has 0 radical (unpaired) electrons. The Balaban J connectivity index is 0.000000406. The van der Waals surface area contributed by atoms with Gasteiger partial charge in [0.15, 0.2) is 0 Å². The van der Waals surface area contributed by atoms with Gasteiger partial charge in [0.25, 0.3) is 0 Å². The van der Waals surface area contributed by atoms with Crippen molar-refractivity contribution in [2.24, 2.45) is 0 Å². The highest BCUT2D eigenvalue weighted by Crippen LogP contribution is 2.49. The van der Waals surface area contributed by atoms with E-state index in [0.717, 1.165) is 44.7 Å². The molecule has 1 saturated heterocycles. The van der Waals surface area contributed by atoms with Crippen molar-refractivity contribution in [1.82, 2.24) is 10.3 Å². The molecule has 1 aliphatic heterocycles. The molecule has 0 unspecified atom stereocenters. The highest BCUT2D eigenvalue weighted by Gasteiger charge is 2.48. The van der Waals surface area contributed by atoms with E-state index < -0.39 is 12.1 Å². The van der Waals surface area contributed by atoms with Crippen molar-refractivity contribution < 1.29 is 32.5 Å². The van der Waals surface area contributed by atoms with E-state index >= 15 is 0 Å². The summed E-state index contributed by atoms with van der Waals surface area (Å²) in [4.78, 5) is 14.9. The Hall–Kier alpha value is -2.17. The van der Waals surface area contributed by atoms with Gasteiger partial charge in [0.1, 0.15) is 5.75 Å². The van der Waals surface area contributed by atoms with E-state index in [9.17, 15) is 13.2 Å². The maximum Gasteiger partial charge on any atom is 0.490 e. The largest absolute Gasteiger partial charge is 0.496 e. The lowest BCUT2D eigenvalue weighted by molar-refractivity contribution is -0.192. The molecule has 6 nitrogen and oxygen atoms in total. The number of aliphatic carboxylic acids is 1. The number of thiophene rings is 1. The first-order valence-corrected chi connectivity index (χ1v) is 12.2. The number of rotatable bonds is 7. The highest BCUT2D eigenvalue weighted by atomic mass is 32.1. The minimum Gasteiger partial charge on any atom is -0.496 e. The lowest BCUT2D eigenvalue weighted by Gasteiger charge is -2.46. The molecule has 2 aromatic rings. The molecule has 1 atom stereocenters. The number of hydrogen-bond acceptors (Lipinski definition) is 6. The van der Waals surface area contributed by atoms with Crippen molar-refractivity contribution in [3.63, 3.8) is 0 Å². The van der Waals surface area contributed by atoms with Gasteiger partial charge in [-0.25, -0.2) is 4.79 Å². The number of pyridine rings is 1. The molecule has 2 N–H and O–H groups in total. The predicted octanol–water partition coefficient (Wildman–Crippen LogP) is 5.33. The van der Waals surface area contributed by atoms with Crippen LogP contribution in [0.4, 0.5) is 13.2 Å². The number of ether oxygens (including phenoxy) is 2. The molecular weight excluding hydrogens is 469 g/mol. The number of carbonyl (C=O) groups is 1. The van der Waals surface area contributed by atoms with Crippen LogP contribution in [0, 0.1) is 0 Å². The minimum absolute atomic E-state index is 0.0900. The Labute approximate surface area is 201 Å². The maximum absolute atomic E-state index is 10.6. The lowest BCUT2D eigenvalue weighted by atomic mass is 9.68. The van der Waals surface area contributed by atoms with Crippen LogP contribution in [0.3, 0.4) is 0 Å². The van der Waals surface area contributed by atoms with E-state index in [1.54, 1.807) is 18.4 Å². The molecule has 34 heavy (non-hydrogen) atoms. The molecule has 0 bridgehead atoms. The summed E-state index contributed by atoms with van der Waals surface area (Å²) in [7, 11) is 1.74. The Morgan fingerprint density at radius 3 is 2.62 bits per heavy atom. The summed E-state index contributed by atoms with van der Waals surface area (Å²) in [6.07, 6.45) is 5.16. The second-order valence-electron chi connectivity index (χ2n) is 8.80. The average Bonchev–Trinajstić information content (AvgIpc) is 3.46. The molecule has 10 heteroatoms. The van der Waals surface area contributed by atoms with Gasteiger partial charge in [0.2, 0.25) is 0 Å². The van der Waals surface area contributed by atoms with Gasteiger partial charge in [-0.05, 0) is 62.2 Å². The molecule has 1 saturated carbocycles. The number of hydrogen-bond donors (Lipinski definition) is 2. The van der Waals surface area contributed by atoms with Crippen LogP contribution in [0.1, 0.15) is 55.5 Å². The summed E-state index contributed by atoms with van der Waals surface area (Å²) in [5.74, 6) is -1.77. The van der Waals surface area contributed by atoms with Crippen LogP contribution in [0.15, 0.2) is 35.8 Å². The molecular formula is C24H31F3N2O4S. The van der Waals surface area contributed by atoms with Gasteiger partial charge in [-0.3, -0.25) is 4.98 Å². The number of nitrogens with one attached hydrogen (secondary N) is 1. The Morgan fingerprint density at radius 1 is 1.26 bits per heavy atom. The molecule has 4 rings (SSSR count). The zero-order chi connectivity index (χ0) is 24.7. The van der Waals surface area contributed by atoms with Crippen LogP contribution in [0.5, 0.6) is 5.75 Å². The maximum atomic E-state index is 10.6. The molecule has 1 aliphatic carbocycles. The summed E-state index contributed by atoms with van der Waals surface area (Å²) in [6, 6.07) is 8.41. The molecule has 0 amide bonds. The first-order chi connectivity index (χ1) is 16.2. The van der Waals surface area contributed by atoms with E-state index in [4.69, 9.17) is 24.4 Å². The van der Waals surface area contributed by atoms with E-state index in [-0.39, 0.29) is 11.0 Å². The van der Waals surface area contributed by atoms with Gasteiger partial charge in [-0.15, -0.1) is 11.3 Å². The number of halogens is 3. The molecule has 188 valence electrons. The topological polar surface area (TPSA) is 80.7 Å². The van der Waals surface area contributed by atoms with E-state index in [1.807, 2.05) is 18.3 Å². The fraction of sp³-hybridized carbons (Fsp3) is 0.583. The smallest absolute Gasteiger partial charge is 0.490 e. The van der Waals surface area contributed by atoms with Gasteiger partial charge in [0.05, 0.1) is 17.6 Å². The van der Waals surface area contributed by atoms with Gasteiger partial charge in [0, 0.05) is 30.5 Å². The van der Waals surface area contributed by atoms with Crippen LogP contribution in [0.25, 0.3) is 0 Å². The molecule has 2 aliphatic rings. The number of methoxy groups -OCH3 is 1. The third kappa shape index (κ3) is 6.70. The first kappa shape index (κ1) is 26.4. The molecule has 0 aromatic carbocycles. The second kappa shape index (κ2) is 11.5. The number of nitrogens with zero attached hydrogens (tertiary/aromatic N) is 1. The standard InChI is InChI=1S/C22H30N2O2S.C2HF3O2/c1-25-18-7-15-27-19(18)16-23-13-10-21(20-6-2-5-12-24-20)11-14-26-22(17-21)8-3-4-9-22;3-2(4,5)1(6)7/h2,5-7,12,15,23H,3-4,8-11,13-14,16-17H2,1H3;(H,6,7)/t21-;/m1./s1. The van der Waals surface area contributed by atoms with Crippen molar-refractivity contribution >= 4 is 17.3 Å². The van der Waals surface area contributed by atoms with Crippen LogP contribution < -0.4 is 10.1 Å². The van der Waals surface area contributed by atoms with E-state index in [2.05, 4.69) is 22.8 Å². The molecule has 3 heterocycles. The van der Waals surface area contributed by atoms with Crippen molar-refractivity contribution in [2.45, 2.75) is 68.7 Å². The molecule has 1 spiro atoms. The van der Waals surface area contributed by atoms with Gasteiger partial charge < -0.3 is 19.9 Å². The summed E-state index contributed by atoms with van der Waals surface area (Å²) >= 11 is 1.75. The van der Waals surface area contributed by atoms with Crippen molar-refractivity contribution in [3.8, 4) is 5.75 Å². The number of carboxylic acids is 1. The Kier molecular flexibility index (Phi) is 8.95. The summed E-state index contributed by atoms with van der Waals surface area (Å²) < 4.78 is 43.5. The lowest BCUT2D eigenvalue weighted by Crippen LogP contribution is -2.47. The number of carboxylic acid groups (broad SMARTS) is 1. The number of alkyl halides is 3. The quantitative estimate of drug-likeness (QED) is 0.501. The zero-order valence-corrected chi connectivity index (χ0v) is 20.0. The van der Waals surface area contributed by atoms with Gasteiger partial charge >= 0.3 is 12.1 Å². The highest BCUT2D eigenvalue weighted by molar-refractivity contribution is 7.10. The van der Waals surface area contributed by atoms with Crippen molar-refractivity contribution in [3.05, 3.63) is 46.4 Å². The summed E-state index contributed by atoms with van der Waals surface area (Å²) in [5, 5.41) is 12.9. The average molecular weight is 501 g/mol. The number of aromatic nitrogens is 1. The van der Waals surface area contributed by atoms with E-state index in [0.29, 0.717) is 0 Å². The molecule has 2 fully saturated rings. The third-order valence-corrected chi connectivity index (χ3v) is 7.51. The Bertz CT molecular complexity index is 916. The Morgan fingerprint density at radius 2 is 2.00 bits per heavy atom. The fourth-order valence-electron chi connectivity index (χ4n) is 4.97. The zero-order valence-electron chi connectivity index (χ0n) is 19.2. The summed E-state index contributed by atoms with van der Waals surface area (Å²) in [5.41, 5.74) is 1.46. The van der Waals surface area contributed by atoms with Gasteiger partial charge in [-0.1, -0.05) is 18.9 Å².